The molecule has 0 aromatic carbocycles. The van der Waals surface area contributed by atoms with Gasteiger partial charge in [-0.1, -0.05) is 5.16 Å². The van der Waals surface area contributed by atoms with E-state index >= 15 is 0 Å². The molecular formula is C27H31F3N8O12S2. The number of hydroxylamine groups is 2. The number of amides is 2. The van der Waals surface area contributed by atoms with Gasteiger partial charge in [0, 0.05) is 17.9 Å². The molecule has 2 fully saturated rings. The Morgan fingerprint density at radius 2 is 1.94 bits per heavy atom. The maximum Gasteiger partial charge on any atom is 0.430 e. The van der Waals surface area contributed by atoms with Gasteiger partial charge in [0.1, 0.15) is 42.4 Å². The number of hydrogen-bond acceptors (Lipinski definition) is 15. The van der Waals surface area contributed by atoms with Gasteiger partial charge in [-0.05, 0) is 38.9 Å². The van der Waals surface area contributed by atoms with E-state index in [0.29, 0.717) is 16.7 Å². The molecule has 25 heteroatoms. The van der Waals surface area contributed by atoms with E-state index < -0.39 is 70.3 Å². The number of halogens is 3. The summed E-state index contributed by atoms with van der Waals surface area (Å²) in [4.78, 5) is 55.7. The molecule has 20 nitrogen and oxygen atoms in total. The number of hydrogen-bond donors (Lipinski definition) is 5. The highest BCUT2D eigenvalue weighted by atomic mass is 32.3. The number of aromatic nitrogens is 3. The molecule has 284 valence electrons. The molecule has 2 saturated heterocycles. The Morgan fingerprint density at radius 3 is 2.44 bits per heavy atom. The lowest BCUT2D eigenvalue weighted by molar-refractivity contribution is -0.652. The second-order valence-electron chi connectivity index (χ2n) is 11.8. The SMILES string of the molecule is C[n+]1c(CC2CNC2)cn2cc(OC[C@H](O/N=C(\C(=O)N[C@@H]3C(=O)N(OS(=O)(=O)O)C3(C)C)c3csc(N)n3)C(=O)O)ccc21.O=C([O-])C(F)(F)F. The van der Waals surface area contributed by atoms with Gasteiger partial charge in [0.2, 0.25) is 0 Å². The number of nitrogens with zero attached hydrogens (tertiary/aromatic N) is 5. The number of carboxylic acid groups (broad SMARTS) is 2. The van der Waals surface area contributed by atoms with Crippen molar-refractivity contribution >= 4 is 62.0 Å². The number of alkyl halides is 3. The number of nitrogens with two attached hydrogens (primary N) is 1. The van der Waals surface area contributed by atoms with Crippen LogP contribution in [0.25, 0.3) is 5.65 Å². The number of nitrogens with one attached hydrogen (secondary N) is 2. The number of imidazole rings is 1. The van der Waals surface area contributed by atoms with E-state index in [2.05, 4.69) is 29.6 Å². The molecule has 0 spiro atoms. The zero-order valence-electron chi connectivity index (χ0n) is 27.2. The van der Waals surface area contributed by atoms with Crippen molar-refractivity contribution in [3.8, 4) is 5.75 Å². The van der Waals surface area contributed by atoms with Crippen molar-refractivity contribution in [2.75, 3.05) is 25.4 Å². The Morgan fingerprint density at radius 1 is 1.29 bits per heavy atom. The topological polar surface area (TPSA) is 280 Å². The number of nitrogen functional groups attached to an aromatic ring is 1. The Kier molecular flexibility index (Phi) is 11.6. The molecule has 5 rings (SSSR count). The minimum atomic E-state index is -5.19. The van der Waals surface area contributed by atoms with E-state index in [1.807, 2.05) is 23.7 Å². The third-order valence-corrected chi connectivity index (χ3v) is 8.65. The second-order valence-corrected chi connectivity index (χ2v) is 13.7. The third-order valence-electron chi connectivity index (χ3n) is 7.63. The van der Waals surface area contributed by atoms with Gasteiger partial charge in [0.25, 0.3) is 23.6 Å². The molecule has 52 heavy (non-hydrogen) atoms. The monoisotopic (exact) mass is 780 g/mol. The molecule has 0 bridgehead atoms. The van der Waals surface area contributed by atoms with Crippen LogP contribution < -0.4 is 30.8 Å². The molecule has 0 aliphatic carbocycles. The van der Waals surface area contributed by atoms with Crippen molar-refractivity contribution in [1.82, 2.24) is 25.1 Å². The van der Waals surface area contributed by atoms with Gasteiger partial charge in [-0.2, -0.15) is 31.1 Å². The molecule has 0 radical (unpaired) electrons. The number of carboxylic acids is 2. The molecule has 0 saturated carbocycles. The number of β-lactam (4-membered cyclic amide) rings is 1. The minimum absolute atomic E-state index is 0.0673. The van der Waals surface area contributed by atoms with Crippen LogP contribution in [-0.2, 0) is 52.2 Å². The summed E-state index contributed by atoms with van der Waals surface area (Å²) in [6.45, 7) is 4.20. The van der Waals surface area contributed by atoms with Gasteiger partial charge in [0.15, 0.2) is 16.6 Å². The summed E-state index contributed by atoms with van der Waals surface area (Å²) in [5, 5.41) is 29.7. The zero-order chi connectivity index (χ0) is 38.8. The Labute approximate surface area is 295 Å². The quantitative estimate of drug-likeness (QED) is 0.0411. The van der Waals surface area contributed by atoms with Crippen molar-refractivity contribution in [3.05, 3.63) is 41.3 Å². The Hall–Kier alpha value is -5.11. The first-order chi connectivity index (χ1) is 24.1. The van der Waals surface area contributed by atoms with Crippen LogP contribution in [0.4, 0.5) is 18.3 Å². The third kappa shape index (κ3) is 9.40. The van der Waals surface area contributed by atoms with Crippen LogP contribution in [-0.4, -0.2) is 106 Å². The van der Waals surface area contributed by atoms with Crippen molar-refractivity contribution in [2.45, 2.75) is 44.1 Å². The molecule has 0 unspecified atom stereocenters. The molecule has 5 heterocycles. The number of carbonyl (C=O) groups is 4. The standard InChI is InChI=1S/C25H30N8O10S2.C2HF3O2/c1-25(2)20(22(35)33(25)43-45(38,39)40)29-21(34)19(16-12-44-24(26)28-16)30-42-17(23(36)37)11-41-15-4-5-18-31(3)14(9-32(18)10-15)6-13-7-27-8-13;3-2(4,5)1(6)7/h4-5,9-10,12-13,17,20,27H,6-8,11H2,1-3H3,(H4-,26,28,29,34,36,37,38,39,40);(H,6,7)/b30-19-;/t17-,20+;/m0./s1. The van der Waals surface area contributed by atoms with Crippen molar-refractivity contribution in [3.63, 3.8) is 0 Å². The van der Waals surface area contributed by atoms with E-state index in [1.165, 1.54) is 19.2 Å². The van der Waals surface area contributed by atoms with Gasteiger partial charge in [-0.15, -0.1) is 15.6 Å². The van der Waals surface area contributed by atoms with Crippen LogP contribution in [0.1, 0.15) is 25.2 Å². The normalized spacial score (nSPS) is 18.1. The number of aliphatic carboxylic acids is 2. The fourth-order valence-corrected chi connectivity index (χ4v) is 5.79. The second kappa shape index (κ2) is 15.2. The average molecular weight is 781 g/mol. The molecule has 6 N–H and O–H groups in total. The van der Waals surface area contributed by atoms with Gasteiger partial charge < -0.3 is 40.9 Å². The number of ether oxygens (including phenoxy) is 1. The van der Waals surface area contributed by atoms with E-state index in [1.54, 1.807) is 12.3 Å². The predicted octanol–water partition coefficient (Wildman–Crippen LogP) is -2.04. The summed E-state index contributed by atoms with van der Waals surface area (Å²) in [5.74, 6) is -5.51. The fourth-order valence-electron chi connectivity index (χ4n) is 4.79. The largest absolute Gasteiger partial charge is 0.542 e. The van der Waals surface area contributed by atoms with Gasteiger partial charge in [-0.3, -0.25) is 14.1 Å². The number of pyridine rings is 1. The number of fused-ring (bicyclic) bond motifs is 1. The van der Waals surface area contributed by atoms with Crippen LogP contribution in [0, 0.1) is 5.92 Å². The molecule has 2 aliphatic heterocycles. The summed E-state index contributed by atoms with van der Waals surface area (Å²) in [7, 11) is -3.04. The lowest BCUT2D eigenvalue weighted by Gasteiger charge is -2.50. The van der Waals surface area contributed by atoms with Gasteiger partial charge in [-0.25, -0.2) is 14.3 Å². The number of anilines is 1. The highest BCUT2D eigenvalue weighted by molar-refractivity contribution is 7.80. The number of aryl methyl sites for hydroxylation is 1. The number of carbonyl (C=O) groups excluding carboxylic acids is 3. The number of oxime groups is 1. The number of thiazole rings is 1. The van der Waals surface area contributed by atoms with E-state index in [-0.39, 0.29) is 10.8 Å². The summed E-state index contributed by atoms with van der Waals surface area (Å²) in [6, 6.07) is 2.21. The van der Waals surface area contributed by atoms with Crippen LogP contribution in [0.15, 0.2) is 35.1 Å². The predicted molar refractivity (Wildman–Crippen MR) is 166 cm³/mol. The molecule has 3 aromatic heterocycles. The molecule has 2 atom stereocenters. The highest BCUT2D eigenvalue weighted by Gasteiger charge is 2.58. The molecular weight excluding hydrogens is 749 g/mol. The smallest absolute Gasteiger partial charge is 0.430 e. The molecule has 3 aromatic rings. The zero-order valence-corrected chi connectivity index (χ0v) is 28.8. The fraction of sp³-hybridized carbons (Fsp3) is 0.444. The maximum absolute atomic E-state index is 13.2. The average Bonchev–Trinajstić information content (AvgIpc) is 3.58. The summed E-state index contributed by atoms with van der Waals surface area (Å²) in [5.41, 5.74) is 5.75. The summed E-state index contributed by atoms with van der Waals surface area (Å²) >= 11 is 0.967. The lowest BCUT2D eigenvalue weighted by atomic mass is 9.84. The highest BCUT2D eigenvalue weighted by Crippen LogP contribution is 2.33. The van der Waals surface area contributed by atoms with Crippen LogP contribution in [0.3, 0.4) is 0 Å². The van der Waals surface area contributed by atoms with Crippen LogP contribution in [0.2, 0.25) is 0 Å². The van der Waals surface area contributed by atoms with Crippen LogP contribution in [0.5, 0.6) is 5.75 Å². The maximum atomic E-state index is 13.2. The summed E-state index contributed by atoms with van der Waals surface area (Å²) in [6.07, 6.45) is -2.24. The first-order valence-electron chi connectivity index (χ1n) is 14.7. The minimum Gasteiger partial charge on any atom is -0.542 e. The first-order valence-corrected chi connectivity index (χ1v) is 16.9. The van der Waals surface area contributed by atoms with E-state index in [9.17, 15) is 41.1 Å². The number of rotatable bonds is 13. The van der Waals surface area contributed by atoms with E-state index in [4.69, 9.17) is 29.8 Å². The first kappa shape index (κ1) is 39.7. The molecule has 2 aliphatic rings. The molecule has 2 amide bonds. The van der Waals surface area contributed by atoms with Crippen molar-refractivity contribution < 1.29 is 74.0 Å². The lowest BCUT2D eigenvalue weighted by Crippen LogP contribution is -2.76. The Bertz CT molecular complexity index is 2000. The summed E-state index contributed by atoms with van der Waals surface area (Å²) < 4.78 is 76.6. The van der Waals surface area contributed by atoms with Gasteiger partial charge >= 0.3 is 22.5 Å². The van der Waals surface area contributed by atoms with Crippen LogP contribution >= 0.6 is 11.3 Å². The Balaban J connectivity index is 0.000000785. The van der Waals surface area contributed by atoms with Gasteiger partial charge in [0.05, 0.1) is 12.6 Å². The van der Waals surface area contributed by atoms with E-state index in [0.717, 1.165) is 42.2 Å². The van der Waals surface area contributed by atoms with Crippen molar-refractivity contribution in [2.24, 2.45) is 18.1 Å². The van der Waals surface area contributed by atoms with Crippen molar-refractivity contribution in [1.29, 1.82) is 0 Å².